The van der Waals surface area contributed by atoms with E-state index in [1.165, 1.54) is 0 Å². The highest BCUT2D eigenvalue weighted by Gasteiger charge is 2.43. The maximum absolute atomic E-state index is 10.6. The third-order valence-electron chi connectivity index (χ3n) is 2.61. The molecule has 1 N–H and O–H groups in total. The van der Waals surface area contributed by atoms with Crippen LogP contribution in [0.5, 0.6) is 0 Å². The molecule has 1 fully saturated rings. The van der Waals surface area contributed by atoms with E-state index in [1.54, 1.807) is 6.26 Å². The van der Waals surface area contributed by atoms with E-state index in [0.717, 1.165) is 17.8 Å². The lowest BCUT2D eigenvalue weighted by molar-refractivity contribution is -0.138. The molecule has 1 saturated carbocycles. The summed E-state index contributed by atoms with van der Waals surface area (Å²) in [5, 5.41) is 8.75. The smallest absolute Gasteiger partial charge is 0.307 e. The van der Waals surface area contributed by atoms with Gasteiger partial charge in [-0.3, -0.25) is 4.79 Å². The van der Waals surface area contributed by atoms with Gasteiger partial charge in [-0.1, -0.05) is 5.57 Å². The van der Waals surface area contributed by atoms with Crippen LogP contribution in [0, 0.1) is 11.8 Å². The van der Waals surface area contributed by atoms with E-state index in [9.17, 15) is 4.79 Å². The summed E-state index contributed by atoms with van der Waals surface area (Å²) < 4.78 is 5.15. The molecule has 14 heavy (non-hydrogen) atoms. The molecule has 1 heterocycles. The number of carboxylic acids is 1. The van der Waals surface area contributed by atoms with Crippen LogP contribution in [-0.4, -0.2) is 11.1 Å². The molecular formula is C11H12O3. The fraction of sp³-hybridized carbons (Fsp3) is 0.364. The summed E-state index contributed by atoms with van der Waals surface area (Å²) in [4.78, 5) is 10.6. The summed E-state index contributed by atoms with van der Waals surface area (Å²) in [5.41, 5.74) is 1.09. The van der Waals surface area contributed by atoms with Crippen molar-refractivity contribution in [3.8, 4) is 0 Å². The van der Waals surface area contributed by atoms with Crippen molar-refractivity contribution in [3.05, 3.63) is 29.7 Å². The molecule has 3 nitrogen and oxygen atoms in total. The number of hydrogen-bond donors (Lipinski definition) is 1. The van der Waals surface area contributed by atoms with Crippen molar-refractivity contribution in [1.82, 2.24) is 0 Å². The van der Waals surface area contributed by atoms with Gasteiger partial charge >= 0.3 is 5.97 Å². The zero-order valence-electron chi connectivity index (χ0n) is 7.93. The van der Waals surface area contributed by atoms with Crippen molar-refractivity contribution >= 4 is 12.0 Å². The second-order valence-corrected chi connectivity index (χ2v) is 3.69. The lowest BCUT2D eigenvalue weighted by Crippen LogP contribution is -1.99. The third kappa shape index (κ3) is 1.71. The summed E-state index contributed by atoms with van der Waals surface area (Å²) >= 11 is 0. The first-order valence-electron chi connectivity index (χ1n) is 4.63. The Morgan fingerprint density at radius 2 is 2.43 bits per heavy atom. The van der Waals surface area contributed by atoms with Gasteiger partial charge in [-0.05, 0) is 37.5 Å². The van der Waals surface area contributed by atoms with E-state index in [1.807, 2.05) is 25.1 Å². The molecule has 1 aliphatic carbocycles. The van der Waals surface area contributed by atoms with Gasteiger partial charge in [0.2, 0.25) is 0 Å². The monoisotopic (exact) mass is 192 g/mol. The molecular weight excluding hydrogens is 180 g/mol. The fourth-order valence-electron chi connectivity index (χ4n) is 1.68. The predicted octanol–water partition coefficient (Wildman–Crippen LogP) is 2.40. The van der Waals surface area contributed by atoms with Crippen molar-refractivity contribution in [1.29, 1.82) is 0 Å². The number of aliphatic carboxylic acids is 1. The second kappa shape index (κ2) is 3.33. The predicted molar refractivity (Wildman–Crippen MR) is 51.6 cm³/mol. The summed E-state index contributed by atoms with van der Waals surface area (Å²) in [7, 11) is 0. The lowest BCUT2D eigenvalue weighted by Gasteiger charge is -1.95. The van der Waals surface area contributed by atoms with E-state index in [0.29, 0.717) is 0 Å². The average Bonchev–Trinajstić information content (AvgIpc) is 2.80. The van der Waals surface area contributed by atoms with Crippen LogP contribution in [0.2, 0.25) is 0 Å². The molecule has 2 unspecified atom stereocenters. The molecule has 0 saturated heterocycles. The molecule has 1 aliphatic rings. The van der Waals surface area contributed by atoms with Crippen LogP contribution in [0.3, 0.4) is 0 Å². The Bertz CT molecular complexity index is 362. The quantitative estimate of drug-likeness (QED) is 0.800. The molecule has 2 rings (SSSR count). The molecule has 1 aromatic rings. The van der Waals surface area contributed by atoms with Crippen molar-refractivity contribution in [2.45, 2.75) is 13.3 Å². The Balaban J connectivity index is 2.04. The summed E-state index contributed by atoms with van der Waals surface area (Å²) in [6.07, 6.45) is 4.28. The van der Waals surface area contributed by atoms with Gasteiger partial charge in [0.25, 0.3) is 0 Å². The summed E-state index contributed by atoms with van der Waals surface area (Å²) in [6.45, 7) is 1.95. The van der Waals surface area contributed by atoms with Crippen LogP contribution in [0.1, 0.15) is 19.1 Å². The van der Waals surface area contributed by atoms with Gasteiger partial charge in [0, 0.05) is 0 Å². The first-order valence-corrected chi connectivity index (χ1v) is 4.63. The van der Waals surface area contributed by atoms with E-state index in [2.05, 4.69) is 0 Å². The van der Waals surface area contributed by atoms with Gasteiger partial charge in [-0.15, -0.1) is 0 Å². The van der Waals surface area contributed by atoms with E-state index >= 15 is 0 Å². The third-order valence-corrected chi connectivity index (χ3v) is 2.61. The highest BCUT2D eigenvalue weighted by Crippen LogP contribution is 2.44. The standard InChI is InChI=1S/C11H12O3/c1-7(5-8-3-2-4-14-8)9-6-10(9)11(12)13/h2-5,9-10H,6H2,1H3,(H,12,13)/b7-5-. The molecule has 0 radical (unpaired) electrons. The number of hydrogen-bond acceptors (Lipinski definition) is 2. The van der Waals surface area contributed by atoms with Crippen LogP contribution in [0.25, 0.3) is 6.08 Å². The minimum atomic E-state index is -0.692. The Hall–Kier alpha value is -1.51. The molecule has 0 spiro atoms. The molecule has 0 aliphatic heterocycles. The molecule has 1 aromatic heterocycles. The van der Waals surface area contributed by atoms with Gasteiger partial charge in [0.1, 0.15) is 5.76 Å². The molecule has 0 bridgehead atoms. The van der Waals surface area contributed by atoms with Gasteiger partial charge in [0.05, 0.1) is 12.2 Å². The van der Waals surface area contributed by atoms with Gasteiger partial charge in [0.15, 0.2) is 0 Å². The van der Waals surface area contributed by atoms with E-state index < -0.39 is 5.97 Å². The highest BCUT2D eigenvalue weighted by atomic mass is 16.4. The maximum Gasteiger partial charge on any atom is 0.307 e. The largest absolute Gasteiger partial charge is 0.481 e. The zero-order chi connectivity index (χ0) is 10.1. The van der Waals surface area contributed by atoms with E-state index in [-0.39, 0.29) is 11.8 Å². The molecule has 0 amide bonds. The number of rotatable bonds is 3. The van der Waals surface area contributed by atoms with E-state index in [4.69, 9.17) is 9.52 Å². The first kappa shape index (κ1) is 9.06. The van der Waals surface area contributed by atoms with Crippen molar-refractivity contribution in [2.75, 3.05) is 0 Å². The Labute approximate surface area is 82.0 Å². The van der Waals surface area contributed by atoms with Crippen LogP contribution in [0.15, 0.2) is 28.4 Å². The molecule has 2 atom stereocenters. The minimum Gasteiger partial charge on any atom is -0.481 e. The van der Waals surface area contributed by atoms with Gasteiger partial charge in [-0.2, -0.15) is 0 Å². The Morgan fingerprint density at radius 1 is 1.64 bits per heavy atom. The van der Waals surface area contributed by atoms with Gasteiger partial charge in [-0.25, -0.2) is 0 Å². The van der Waals surface area contributed by atoms with Crippen molar-refractivity contribution < 1.29 is 14.3 Å². The van der Waals surface area contributed by atoms with Gasteiger partial charge < -0.3 is 9.52 Å². The Morgan fingerprint density at radius 3 is 2.93 bits per heavy atom. The second-order valence-electron chi connectivity index (χ2n) is 3.69. The van der Waals surface area contributed by atoms with Crippen molar-refractivity contribution in [2.24, 2.45) is 11.8 Å². The van der Waals surface area contributed by atoms with Crippen LogP contribution >= 0.6 is 0 Å². The lowest BCUT2D eigenvalue weighted by atomic mass is 10.1. The highest BCUT2D eigenvalue weighted by molar-refractivity contribution is 5.75. The first-order chi connectivity index (χ1) is 6.68. The number of carbonyl (C=O) groups is 1. The fourth-order valence-corrected chi connectivity index (χ4v) is 1.68. The number of furan rings is 1. The topological polar surface area (TPSA) is 50.4 Å². The van der Waals surface area contributed by atoms with Crippen LogP contribution in [-0.2, 0) is 4.79 Å². The average molecular weight is 192 g/mol. The van der Waals surface area contributed by atoms with Crippen molar-refractivity contribution in [3.63, 3.8) is 0 Å². The SMILES string of the molecule is C/C(=C/c1ccco1)C1CC1C(=O)O. The summed E-state index contributed by atoms with van der Waals surface area (Å²) in [6, 6.07) is 3.68. The van der Waals surface area contributed by atoms with Crippen LogP contribution < -0.4 is 0 Å². The normalized spacial score (nSPS) is 26.2. The molecule has 0 aromatic carbocycles. The zero-order valence-corrected chi connectivity index (χ0v) is 7.93. The molecule has 74 valence electrons. The van der Waals surface area contributed by atoms with Crippen LogP contribution in [0.4, 0.5) is 0 Å². The summed E-state index contributed by atoms with van der Waals surface area (Å²) in [5.74, 6) is 0.125. The minimum absolute atomic E-state index is 0.179. The Kier molecular flexibility index (Phi) is 2.15. The maximum atomic E-state index is 10.6. The number of carboxylic acid groups (broad SMARTS) is 1. The number of allylic oxidation sites excluding steroid dienone is 1. The molecule has 3 heteroatoms.